The Morgan fingerprint density at radius 1 is 0.420 bits per heavy atom. The number of hydrogen-bond donors (Lipinski definition) is 0. The van der Waals surface area contributed by atoms with Gasteiger partial charge in [-0.25, -0.2) is 19.9 Å². The Morgan fingerprint density at radius 3 is 1.86 bits per heavy atom. The maximum absolute atomic E-state index is 5.67. The molecule has 0 saturated heterocycles. The van der Waals surface area contributed by atoms with Crippen LogP contribution in [-0.4, -0.2) is 19.9 Å². The molecule has 5 aliphatic carbocycles. The zero-order chi connectivity index (χ0) is 32.8. The van der Waals surface area contributed by atoms with Gasteiger partial charge in [-0.1, -0.05) is 127 Å². The lowest BCUT2D eigenvalue weighted by atomic mass is 9.43. The monoisotopic (exact) mass is 644 g/mol. The normalized spacial score (nSPS) is 24.1. The predicted molar refractivity (Wildman–Crippen MR) is 200 cm³/mol. The molecule has 4 bridgehead atoms. The zero-order valence-electron chi connectivity index (χ0n) is 27.8. The highest BCUT2D eigenvalue weighted by atomic mass is 15.0. The number of aromatic nitrogens is 4. The smallest absolute Gasteiger partial charge is 0.182 e. The van der Waals surface area contributed by atoms with E-state index in [0.717, 1.165) is 39.4 Å². The van der Waals surface area contributed by atoms with Gasteiger partial charge in [0.2, 0.25) is 0 Å². The molecule has 12 rings (SSSR count). The molecular weight excluding hydrogens is 609 g/mol. The van der Waals surface area contributed by atoms with E-state index < -0.39 is 0 Å². The molecule has 5 aliphatic rings. The maximum Gasteiger partial charge on any atom is 0.182 e. The van der Waals surface area contributed by atoms with Crippen molar-refractivity contribution in [2.75, 3.05) is 0 Å². The van der Waals surface area contributed by atoms with Crippen LogP contribution in [0.4, 0.5) is 0 Å². The van der Waals surface area contributed by atoms with Crippen LogP contribution < -0.4 is 0 Å². The third kappa shape index (κ3) is 4.11. The molecule has 4 saturated carbocycles. The van der Waals surface area contributed by atoms with Crippen LogP contribution in [0.5, 0.6) is 0 Å². The average molecular weight is 645 g/mol. The largest absolute Gasteiger partial charge is 0.248 e. The van der Waals surface area contributed by atoms with Gasteiger partial charge in [0, 0.05) is 22.1 Å². The zero-order valence-corrected chi connectivity index (χ0v) is 27.8. The van der Waals surface area contributed by atoms with Gasteiger partial charge in [0.05, 0.1) is 5.69 Å². The van der Waals surface area contributed by atoms with Gasteiger partial charge in [-0.2, -0.15) is 0 Å². The molecule has 1 spiro atoms. The molecule has 0 amide bonds. The van der Waals surface area contributed by atoms with E-state index in [1.165, 1.54) is 65.6 Å². The van der Waals surface area contributed by atoms with Gasteiger partial charge >= 0.3 is 0 Å². The Balaban J connectivity index is 1.10. The van der Waals surface area contributed by atoms with E-state index in [0.29, 0.717) is 29.3 Å². The van der Waals surface area contributed by atoms with E-state index >= 15 is 0 Å². The fourth-order valence-corrected chi connectivity index (χ4v) is 10.7. The van der Waals surface area contributed by atoms with Crippen molar-refractivity contribution in [2.45, 2.75) is 37.5 Å². The van der Waals surface area contributed by atoms with Gasteiger partial charge in [0.25, 0.3) is 0 Å². The number of fused-ring (bicyclic) bond motifs is 4. The first-order valence-corrected chi connectivity index (χ1v) is 18.2. The molecule has 4 heteroatoms. The lowest BCUT2D eigenvalue weighted by Gasteiger charge is -2.60. The summed E-state index contributed by atoms with van der Waals surface area (Å²) in [6.07, 6.45) is 6.74. The van der Waals surface area contributed by atoms with E-state index in [2.05, 4.69) is 133 Å². The summed E-state index contributed by atoms with van der Waals surface area (Å²) >= 11 is 0. The summed E-state index contributed by atoms with van der Waals surface area (Å²) in [4.78, 5) is 21.2. The quantitative estimate of drug-likeness (QED) is 0.191. The highest BCUT2D eigenvalue weighted by Gasteiger charge is 2.62. The van der Waals surface area contributed by atoms with Crippen molar-refractivity contribution in [3.63, 3.8) is 0 Å². The Bertz CT molecular complexity index is 2420. The molecule has 240 valence electrons. The fraction of sp³-hybridized carbons (Fsp3) is 0.217. The van der Waals surface area contributed by atoms with Crippen molar-refractivity contribution in [2.24, 2.45) is 23.7 Å². The standard InChI is InChI=1S/C46H36N4/c1-2-9-30(10-3-1)31-17-19-33(20-18-31)43-48-44(39-15-8-12-32-11-4-5-13-36(32)39)50-45(49-43)41-22-21-38-37-14-6-7-16-40(37)46(42(38)47-41)34-24-28-23-29(26-34)27-35(46)25-28/h1-22,28-29,34-35H,23-27H2. The molecule has 0 atom stereocenters. The molecule has 2 aromatic heterocycles. The molecule has 4 nitrogen and oxygen atoms in total. The van der Waals surface area contributed by atoms with E-state index in [1.54, 1.807) is 0 Å². The second-order valence-electron chi connectivity index (χ2n) is 15.1. The van der Waals surface area contributed by atoms with Crippen LogP contribution in [0.2, 0.25) is 0 Å². The second kappa shape index (κ2) is 10.8. The van der Waals surface area contributed by atoms with Crippen LogP contribution in [0.1, 0.15) is 43.4 Å². The summed E-state index contributed by atoms with van der Waals surface area (Å²) in [6, 6.07) is 47.5. The topological polar surface area (TPSA) is 51.6 Å². The van der Waals surface area contributed by atoms with Gasteiger partial charge in [0.15, 0.2) is 17.5 Å². The van der Waals surface area contributed by atoms with E-state index in [1.807, 2.05) is 0 Å². The van der Waals surface area contributed by atoms with Gasteiger partial charge in [-0.05, 0) is 94.9 Å². The van der Waals surface area contributed by atoms with E-state index in [-0.39, 0.29) is 5.41 Å². The highest BCUT2D eigenvalue weighted by molar-refractivity contribution is 5.95. The molecule has 50 heavy (non-hydrogen) atoms. The van der Waals surface area contributed by atoms with Gasteiger partial charge in [-0.15, -0.1) is 0 Å². The lowest BCUT2D eigenvalue weighted by Crippen LogP contribution is -2.55. The molecule has 0 N–H and O–H groups in total. The SMILES string of the molecule is c1ccc(-c2ccc(-c3nc(-c4ccc5c(n4)C4(c6ccccc6-5)C5CC6CC(C5)CC4C6)nc(-c4cccc5ccccc45)n3)cc2)cc1. The van der Waals surface area contributed by atoms with Gasteiger partial charge in [0.1, 0.15) is 5.69 Å². The minimum absolute atomic E-state index is 0.0169. The number of rotatable bonds is 4. The fourth-order valence-electron chi connectivity index (χ4n) is 10.7. The molecule has 0 unspecified atom stereocenters. The van der Waals surface area contributed by atoms with Crippen molar-refractivity contribution < 1.29 is 0 Å². The van der Waals surface area contributed by atoms with Crippen molar-refractivity contribution >= 4 is 10.8 Å². The number of pyridine rings is 1. The van der Waals surface area contributed by atoms with Crippen molar-refractivity contribution in [1.82, 2.24) is 19.9 Å². The molecule has 7 aromatic rings. The minimum Gasteiger partial charge on any atom is -0.248 e. The van der Waals surface area contributed by atoms with Crippen LogP contribution in [-0.2, 0) is 5.41 Å². The van der Waals surface area contributed by atoms with E-state index in [9.17, 15) is 0 Å². The highest BCUT2D eigenvalue weighted by Crippen LogP contribution is 2.69. The number of hydrogen-bond acceptors (Lipinski definition) is 4. The summed E-state index contributed by atoms with van der Waals surface area (Å²) in [5.41, 5.74) is 10.6. The summed E-state index contributed by atoms with van der Waals surface area (Å²) in [5, 5.41) is 2.29. The lowest BCUT2D eigenvalue weighted by molar-refractivity contribution is -0.0415. The first kappa shape index (κ1) is 28.4. The summed E-state index contributed by atoms with van der Waals surface area (Å²) < 4.78 is 0. The summed E-state index contributed by atoms with van der Waals surface area (Å²) in [7, 11) is 0. The third-order valence-electron chi connectivity index (χ3n) is 12.5. The van der Waals surface area contributed by atoms with Gasteiger partial charge in [-0.3, -0.25) is 0 Å². The Kier molecular flexibility index (Phi) is 6.10. The summed E-state index contributed by atoms with van der Waals surface area (Å²) in [5.74, 6) is 5.01. The third-order valence-corrected chi connectivity index (χ3v) is 12.5. The first-order valence-electron chi connectivity index (χ1n) is 18.2. The maximum atomic E-state index is 5.67. The Hall–Kier alpha value is -5.48. The van der Waals surface area contributed by atoms with Crippen molar-refractivity contribution in [1.29, 1.82) is 0 Å². The van der Waals surface area contributed by atoms with Crippen LogP contribution in [0.15, 0.2) is 133 Å². The first-order chi connectivity index (χ1) is 24.7. The Morgan fingerprint density at radius 2 is 1.04 bits per heavy atom. The van der Waals surface area contributed by atoms with Gasteiger partial charge < -0.3 is 0 Å². The molecule has 4 fully saturated rings. The number of nitrogens with zero attached hydrogens (tertiary/aromatic N) is 4. The predicted octanol–water partition coefficient (Wildman–Crippen LogP) is 10.8. The molecular formula is C46H36N4. The molecule has 0 aliphatic heterocycles. The minimum atomic E-state index is -0.0169. The summed E-state index contributed by atoms with van der Waals surface area (Å²) in [6.45, 7) is 0. The average Bonchev–Trinajstić information content (AvgIpc) is 3.47. The number of benzene rings is 5. The van der Waals surface area contributed by atoms with Crippen LogP contribution in [0.25, 0.3) is 67.3 Å². The van der Waals surface area contributed by atoms with Crippen molar-refractivity contribution in [3.8, 4) is 56.5 Å². The molecule has 2 heterocycles. The molecule has 0 radical (unpaired) electrons. The Labute approximate surface area is 292 Å². The second-order valence-corrected chi connectivity index (χ2v) is 15.1. The molecule has 5 aromatic carbocycles. The van der Waals surface area contributed by atoms with Crippen LogP contribution >= 0.6 is 0 Å². The van der Waals surface area contributed by atoms with Crippen LogP contribution in [0, 0.1) is 23.7 Å². The van der Waals surface area contributed by atoms with Crippen molar-refractivity contribution in [3.05, 3.63) is 145 Å². The van der Waals surface area contributed by atoms with Crippen LogP contribution in [0.3, 0.4) is 0 Å². The van der Waals surface area contributed by atoms with E-state index in [4.69, 9.17) is 19.9 Å².